The molecule has 1 saturated heterocycles. The van der Waals surface area contributed by atoms with Crippen LogP contribution < -0.4 is 0 Å². The number of rotatable bonds is 7. The summed E-state index contributed by atoms with van der Waals surface area (Å²) in [6.45, 7) is 2.41. The minimum absolute atomic E-state index is 0. The summed E-state index contributed by atoms with van der Waals surface area (Å²) in [4.78, 5) is 18.8. The Balaban J connectivity index is 0.00000280. The number of benzene rings is 2. The minimum atomic E-state index is -0.735. The van der Waals surface area contributed by atoms with Crippen molar-refractivity contribution in [3.63, 3.8) is 0 Å². The third kappa shape index (κ3) is 6.04. The minimum Gasteiger partial charge on any atom is -0.481 e. The number of carboxylic acids is 1. The summed E-state index contributed by atoms with van der Waals surface area (Å²) in [6, 6.07) is 15.7. The van der Waals surface area contributed by atoms with Crippen molar-refractivity contribution in [1.82, 2.24) is 4.90 Å². The monoisotopic (exact) mass is 406 g/mol. The van der Waals surface area contributed by atoms with Gasteiger partial charge in [0.1, 0.15) is 18.1 Å². The quantitative estimate of drug-likeness (QED) is 0.431. The molecule has 0 bridgehead atoms. The lowest BCUT2D eigenvalue weighted by Gasteiger charge is -2.29. The molecule has 150 valence electrons. The van der Waals surface area contributed by atoms with Gasteiger partial charge in [-0.15, -0.1) is 12.4 Å². The molecule has 1 aliphatic rings. The van der Waals surface area contributed by atoms with Crippen molar-refractivity contribution in [2.45, 2.75) is 12.8 Å². The maximum absolute atomic E-state index is 13.2. The average molecular weight is 407 g/mol. The van der Waals surface area contributed by atoms with E-state index in [4.69, 9.17) is 9.94 Å². The van der Waals surface area contributed by atoms with Crippen molar-refractivity contribution in [3.05, 3.63) is 71.5 Å². The Bertz CT molecular complexity index is 784. The molecule has 7 heteroatoms. The molecule has 0 amide bonds. The summed E-state index contributed by atoms with van der Waals surface area (Å²) in [6.07, 6.45) is 1.61. The van der Waals surface area contributed by atoms with E-state index in [9.17, 15) is 9.18 Å². The van der Waals surface area contributed by atoms with Crippen LogP contribution in [0.15, 0.2) is 59.8 Å². The molecule has 1 heterocycles. The van der Waals surface area contributed by atoms with E-state index in [1.807, 2.05) is 30.3 Å². The third-order valence-corrected chi connectivity index (χ3v) is 4.67. The fourth-order valence-electron chi connectivity index (χ4n) is 3.22. The molecule has 0 radical (unpaired) electrons. The van der Waals surface area contributed by atoms with E-state index < -0.39 is 5.97 Å². The van der Waals surface area contributed by atoms with Gasteiger partial charge in [-0.1, -0.05) is 35.5 Å². The Morgan fingerprint density at radius 3 is 2.50 bits per heavy atom. The van der Waals surface area contributed by atoms with Crippen LogP contribution in [-0.2, 0) is 9.63 Å². The van der Waals surface area contributed by atoms with Gasteiger partial charge in [0, 0.05) is 24.2 Å². The van der Waals surface area contributed by atoms with E-state index in [2.05, 4.69) is 10.1 Å². The zero-order valence-electron chi connectivity index (χ0n) is 15.5. The van der Waals surface area contributed by atoms with Gasteiger partial charge in [0.25, 0.3) is 0 Å². The first kappa shape index (κ1) is 21.9. The highest BCUT2D eigenvalue weighted by molar-refractivity contribution is 6.12. The van der Waals surface area contributed by atoms with Gasteiger partial charge < -0.3 is 9.94 Å². The Morgan fingerprint density at radius 2 is 1.82 bits per heavy atom. The molecule has 5 nitrogen and oxygen atoms in total. The zero-order chi connectivity index (χ0) is 19.1. The summed E-state index contributed by atoms with van der Waals surface area (Å²) >= 11 is 0. The lowest BCUT2D eigenvalue weighted by molar-refractivity contribution is -0.143. The van der Waals surface area contributed by atoms with Gasteiger partial charge in [-0.25, -0.2) is 4.39 Å². The molecular weight excluding hydrogens is 383 g/mol. The number of hydrogen-bond acceptors (Lipinski definition) is 4. The van der Waals surface area contributed by atoms with E-state index in [1.165, 1.54) is 12.1 Å². The van der Waals surface area contributed by atoms with E-state index in [0.29, 0.717) is 25.4 Å². The molecule has 0 aliphatic carbocycles. The lowest BCUT2D eigenvalue weighted by atomic mass is 9.98. The number of aliphatic carboxylic acids is 1. The molecule has 0 saturated carbocycles. The first-order valence-corrected chi connectivity index (χ1v) is 9.10. The summed E-state index contributed by atoms with van der Waals surface area (Å²) in [5.74, 6) is -1.34. The number of hydrogen-bond donors (Lipinski definition) is 1. The number of piperidine rings is 1. The summed E-state index contributed by atoms with van der Waals surface area (Å²) < 4.78 is 13.2. The molecular formula is C21H24ClFN2O3. The van der Waals surface area contributed by atoms with Crippen molar-refractivity contribution in [1.29, 1.82) is 0 Å². The summed E-state index contributed by atoms with van der Waals surface area (Å²) in [7, 11) is 0. The Morgan fingerprint density at radius 1 is 1.14 bits per heavy atom. The second-order valence-electron chi connectivity index (χ2n) is 6.62. The van der Waals surface area contributed by atoms with Crippen molar-refractivity contribution in [2.75, 3.05) is 26.2 Å². The smallest absolute Gasteiger partial charge is 0.307 e. The number of oxime groups is 1. The van der Waals surface area contributed by atoms with Crippen molar-refractivity contribution >= 4 is 24.1 Å². The van der Waals surface area contributed by atoms with Crippen molar-refractivity contribution in [2.24, 2.45) is 11.1 Å². The van der Waals surface area contributed by atoms with Gasteiger partial charge in [-0.2, -0.15) is 0 Å². The van der Waals surface area contributed by atoms with E-state index in [1.54, 1.807) is 12.1 Å². The number of carbonyl (C=O) groups is 1. The van der Waals surface area contributed by atoms with Crippen LogP contribution >= 0.6 is 12.4 Å². The van der Waals surface area contributed by atoms with Crippen LogP contribution in [0.1, 0.15) is 24.0 Å². The molecule has 0 aromatic heterocycles. The maximum Gasteiger partial charge on any atom is 0.307 e. The van der Waals surface area contributed by atoms with Crippen LogP contribution in [0.25, 0.3) is 0 Å². The Kier molecular flexibility index (Phi) is 8.42. The molecule has 1 N–H and O–H groups in total. The first-order chi connectivity index (χ1) is 13.1. The number of likely N-dealkylation sites (tertiary alicyclic amines) is 1. The number of carboxylic acid groups (broad SMARTS) is 1. The Labute approximate surface area is 170 Å². The largest absolute Gasteiger partial charge is 0.481 e. The molecule has 28 heavy (non-hydrogen) atoms. The highest BCUT2D eigenvalue weighted by Crippen LogP contribution is 2.16. The average Bonchev–Trinajstić information content (AvgIpc) is 2.70. The highest BCUT2D eigenvalue weighted by atomic mass is 35.5. The predicted octanol–water partition coefficient (Wildman–Crippen LogP) is 3.81. The lowest BCUT2D eigenvalue weighted by Crippen LogP contribution is -2.40. The molecule has 2 aromatic rings. The van der Waals surface area contributed by atoms with Crippen LogP contribution in [0, 0.1) is 11.7 Å². The normalized spacial score (nSPS) is 17.6. The van der Waals surface area contributed by atoms with Crippen LogP contribution in [0.2, 0.25) is 0 Å². The second kappa shape index (κ2) is 10.8. The van der Waals surface area contributed by atoms with Crippen molar-refractivity contribution in [3.8, 4) is 0 Å². The predicted molar refractivity (Wildman–Crippen MR) is 108 cm³/mol. The van der Waals surface area contributed by atoms with Crippen LogP contribution in [0.4, 0.5) is 4.39 Å². The van der Waals surface area contributed by atoms with Crippen LogP contribution in [-0.4, -0.2) is 47.9 Å². The van der Waals surface area contributed by atoms with Gasteiger partial charge in [-0.05, 0) is 43.7 Å². The van der Waals surface area contributed by atoms with E-state index in [0.717, 1.165) is 30.5 Å². The molecule has 2 aromatic carbocycles. The molecule has 3 rings (SSSR count). The van der Waals surface area contributed by atoms with Gasteiger partial charge in [0.15, 0.2) is 0 Å². The van der Waals surface area contributed by atoms with E-state index >= 15 is 0 Å². The second-order valence-corrected chi connectivity index (χ2v) is 6.62. The highest BCUT2D eigenvalue weighted by Gasteiger charge is 2.24. The third-order valence-electron chi connectivity index (χ3n) is 4.67. The van der Waals surface area contributed by atoms with Gasteiger partial charge >= 0.3 is 5.97 Å². The molecule has 0 spiro atoms. The number of halogens is 2. The molecule has 1 aliphatic heterocycles. The summed E-state index contributed by atoms with van der Waals surface area (Å²) in [5, 5.41) is 13.4. The van der Waals surface area contributed by atoms with Crippen LogP contribution in [0.5, 0.6) is 0 Å². The van der Waals surface area contributed by atoms with Crippen LogP contribution in [0.3, 0.4) is 0 Å². The zero-order valence-corrected chi connectivity index (χ0v) is 16.3. The molecule has 1 unspecified atom stereocenters. The fourth-order valence-corrected chi connectivity index (χ4v) is 3.22. The fraction of sp³-hybridized carbons (Fsp3) is 0.333. The molecule has 1 atom stereocenters. The van der Waals surface area contributed by atoms with Gasteiger partial charge in [-0.3, -0.25) is 9.69 Å². The maximum atomic E-state index is 13.2. The SMILES string of the molecule is Cl.O=C(O)C1CCCN(CCON=C(c2ccccc2)c2ccc(F)cc2)C1. The van der Waals surface area contributed by atoms with E-state index in [-0.39, 0.29) is 24.1 Å². The van der Waals surface area contributed by atoms with Crippen molar-refractivity contribution < 1.29 is 19.1 Å². The first-order valence-electron chi connectivity index (χ1n) is 9.10. The summed E-state index contributed by atoms with van der Waals surface area (Å²) in [5.41, 5.74) is 2.29. The van der Waals surface area contributed by atoms with Gasteiger partial charge in [0.2, 0.25) is 0 Å². The number of nitrogens with zero attached hydrogens (tertiary/aromatic N) is 2. The topological polar surface area (TPSA) is 62.1 Å². The molecule has 1 fully saturated rings. The standard InChI is InChI=1S/C21H23FN2O3.ClH/c22-19-10-8-17(9-11-19)20(16-5-2-1-3-6-16)23-27-14-13-24-12-4-7-18(15-24)21(25)26;/h1-3,5-6,8-11,18H,4,7,12-15H2,(H,25,26);1H. The Hall–Kier alpha value is -2.44. The van der Waals surface area contributed by atoms with Gasteiger partial charge in [0.05, 0.1) is 5.92 Å².